The summed E-state index contributed by atoms with van der Waals surface area (Å²) in [5.41, 5.74) is 1.86. The average Bonchev–Trinajstić information content (AvgIpc) is 2.82. The van der Waals surface area contributed by atoms with Gasteiger partial charge in [-0.3, -0.25) is 9.59 Å². The van der Waals surface area contributed by atoms with E-state index in [0.29, 0.717) is 45.3 Å². The maximum absolute atomic E-state index is 12.8. The van der Waals surface area contributed by atoms with Crippen molar-refractivity contribution in [2.75, 3.05) is 28.4 Å². The lowest BCUT2D eigenvalue weighted by Gasteiger charge is -2.10. The fraction of sp³-hybridized carbons (Fsp3) is 0.167. The summed E-state index contributed by atoms with van der Waals surface area (Å²) >= 11 is 0. The average molecular weight is 406 g/mol. The molecule has 0 heterocycles. The minimum atomic E-state index is -0.180. The van der Waals surface area contributed by atoms with E-state index in [1.54, 1.807) is 60.7 Å². The number of methoxy groups -OCH3 is 4. The number of carbonyl (C=O) groups excluding carboxylic acids is 2. The Bertz CT molecular complexity index is 983. The highest BCUT2D eigenvalue weighted by Crippen LogP contribution is 2.30. The molecular formula is C24H22O6. The molecule has 0 radical (unpaired) electrons. The Hall–Kier alpha value is -3.80. The largest absolute Gasteiger partial charge is 0.493 e. The smallest absolute Gasteiger partial charge is 0.193 e. The monoisotopic (exact) mass is 406 g/mol. The SMILES string of the molecule is COc1ccc(C(=O)c2ccc(C(=O)c3ccc(OC)c(OC)c3)cc2)cc1OC. The van der Waals surface area contributed by atoms with Crippen LogP contribution in [-0.2, 0) is 0 Å². The van der Waals surface area contributed by atoms with Gasteiger partial charge in [0.2, 0.25) is 0 Å². The third-order valence-corrected chi connectivity index (χ3v) is 4.70. The van der Waals surface area contributed by atoms with Crippen molar-refractivity contribution in [3.8, 4) is 23.0 Å². The van der Waals surface area contributed by atoms with Gasteiger partial charge in [-0.2, -0.15) is 0 Å². The highest BCUT2D eigenvalue weighted by Gasteiger charge is 2.16. The number of hydrogen-bond donors (Lipinski definition) is 0. The first-order valence-electron chi connectivity index (χ1n) is 9.16. The van der Waals surface area contributed by atoms with E-state index in [1.807, 2.05) is 0 Å². The van der Waals surface area contributed by atoms with Gasteiger partial charge in [0.1, 0.15) is 0 Å². The first kappa shape index (κ1) is 20.9. The molecule has 154 valence electrons. The fourth-order valence-corrected chi connectivity index (χ4v) is 3.06. The van der Waals surface area contributed by atoms with Gasteiger partial charge in [-0.1, -0.05) is 24.3 Å². The minimum Gasteiger partial charge on any atom is -0.493 e. The Morgan fingerprint density at radius 1 is 0.467 bits per heavy atom. The minimum absolute atomic E-state index is 0.180. The van der Waals surface area contributed by atoms with Crippen LogP contribution in [0.2, 0.25) is 0 Å². The number of ketones is 2. The van der Waals surface area contributed by atoms with Gasteiger partial charge in [0.15, 0.2) is 34.6 Å². The van der Waals surface area contributed by atoms with Gasteiger partial charge in [0, 0.05) is 22.3 Å². The summed E-state index contributed by atoms with van der Waals surface area (Å²) in [4.78, 5) is 25.6. The van der Waals surface area contributed by atoms with Crippen LogP contribution in [0.15, 0.2) is 60.7 Å². The molecule has 3 aromatic rings. The van der Waals surface area contributed by atoms with Crippen molar-refractivity contribution in [2.24, 2.45) is 0 Å². The number of hydrogen-bond acceptors (Lipinski definition) is 6. The molecule has 0 aliphatic heterocycles. The molecule has 0 saturated heterocycles. The lowest BCUT2D eigenvalue weighted by molar-refractivity contribution is 0.102. The molecule has 0 saturated carbocycles. The van der Waals surface area contributed by atoms with Gasteiger partial charge < -0.3 is 18.9 Å². The molecule has 30 heavy (non-hydrogen) atoms. The highest BCUT2D eigenvalue weighted by molar-refractivity contribution is 6.12. The maximum Gasteiger partial charge on any atom is 0.193 e. The van der Waals surface area contributed by atoms with Crippen molar-refractivity contribution in [2.45, 2.75) is 0 Å². The van der Waals surface area contributed by atoms with Gasteiger partial charge in [-0.05, 0) is 36.4 Å². The van der Waals surface area contributed by atoms with Crippen LogP contribution in [0.5, 0.6) is 23.0 Å². The van der Waals surface area contributed by atoms with Crippen LogP contribution >= 0.6 is 0 Å². The zero-order valence-corrected chi connectivity index (χ0v) is 17.2. The number of ether oxygens (including phenoxy) is 4. The molecule has 0 spiro atoms. The molecule has 0 N–H and O–H groups in total. The van der Waals surface area contributed by atoms with E-state index in [2.05, 4.69) is 0 Å². The van der Waals surface area contributed by atoms with Crippen molar-refractivity contribution in [3.05, 3.63) is 82.9 Å². The van der Waals surface area contributed by atoms with Gasteiger partial charge in [-0.15, -0.1) is 0 Å². The van der Waals surface area contributed by atoms with E-state index in [1.165, 1.54) is 28.4 Å². The highest BCUT2D eigenvalue weighted by atomic mass is 16.5. The van der Waals surface area contributed by atoms with Gasteiger partial charge in [0.05, 0.1) is 28.4 Å². The normalized spacial score (nSPS) is 10.3. The summed E-state index contributed by atoms with van der Waals surface area (Å²) < 4.78 is 20.9. The molecule has 0 bridgehead atoms. The van der Waals surface area contributed by atoms with E-state index in [4.69, 9.17) is 18.9 Å². The second-order valence-corrected chi connectivity index (χ2v) is 6.38. The molecular weight excluding hydrogens is 384 g/mol. The molecule has 6 nitrogen and oxygen atoms in total. The van der Waals surface area contributed by atoms with E-state index in [-0.39, 0.29) is 11.6 Å². The Kier molecular flexibility index (Phi) is 6.37. The summed E-state index contributed by atoms with van der Waals surface area (Å²) in [5, 5.41) is 0. The van der Waals surface area contributed by atoms with E-state index < -0.39 is 0 Å². The van der Waals surface area contributed by atoms with Crippen LogP contribution in [0.1, 0.15) is 31.8 Å². The van der Waals surface area contributed by atoms with E-state index >= 15 is 0 Å². The number of benzene rings is 3. The molecule has 6 heteroatoms. The number of carbonyl (C=O) groups is 2. The summed E-state index contributed by atoms with van der Waals surface area (Å²) in [6.07, 6.45) is 0. The molecule has 0 aliphatic carbocycles. The summed E-state index contributed by atoms with van der Waals surface area (Å²) in [5.74, 6) is 1.68. The molecule has 0 aromatic heterocycles. The van der Waals surface area contributed by atoms with Crippen molar-refractivity contribution in [1.82, 2.24) is 0 Å². The fourth-order valence-electron chi connectivity index (χ4n) is 3.06. The number of rotatable bonds is 8. The van der Waals surface area contributed by atoms with Gasteiger partial charge in [0.25, 0.3) is 0 Å². The molecule has 0 aliphatic rings. The second-order valence-electron chi connectivity index (χ2n) is 6.38. The van der Waals surface area contributed by atoms with Crippen LogP contribution < -0.4 is 18.9 Å². The van der Waals surface area contributed by atoms with Crippen LogP contribution in [0, 0.1) is 0 Å². The van der Waals surface area contributed by atoms with Crippen LogP contribution in [-0.4, -0.2) is 40.0 Å². The van der Waals surface area contributed by atoms with Crippen molar-refractivity contribution < 1.29 is 28.5 Å². The van der Waals surface area contributed by atoms with Crippen LogP contribution in [0.4, 0.5) is 0 Å². The van der Waals surface area contributed by atoms with Crippen molar-refractivity contribution in [3.63, 3.8) is 0 Å². The van der Waals surface area contributed by atoms with Crippen molar-refractivity contribution >= 4 is 11.6 Å². The van der Waals surface area contributed by atoms with E-state index in [0.717, 1.165) is 0 Å². The van der Waals surface area contributed by atoms with Crippen molar-refractivity contribution in [1.29, 1.82) is 0 Å². The standard InChI is InChI=1S/C24H22O6/c1-27-19-11-9-17(13-21(19)29-3)23(25)15-5-7-16(8-6-15)24(26)18-10-12-20(28-2)22(14-18)30-4/h5-14H,1-4H3. The molecule has 3 aromatic carbocycles. The van der Waals surface area contributed by atoms with Gasteiger partial charge >= 0.3 is 0 Å². The zero-order valence-electron chi connectivity index (χ0n) is 17.2. The lowest BCUT2D eigenvalue weighted by atomic mass is 9.98. The topological polar surface area (TPSA) is 71.1 Å². The molecule has 0 fully saturated rings. The molecule has 0 atom stereocenters. The first-order chi connectivity index (χ1) is 14.5. The summed E-state index contributed by atoms with van der Waals surface area (Å²) in [6.45, 7) is 0. The van der Waals surface area contributed by atoms with Crippen LogP contribution in [0.25, 0.3) is 0 Å². The molecule has 0 unspecified atom stereocenters. The first-order valence-corrected chi connectivity index (χ1v) is 9.16. The van der Waals surface area contributed by atoms with Gasteiger partial charge in [-0.25, -0.2) is 0 Å². The Morgan fingerprint density at radius 3 is 1.07 bits per heavy atom. The summed E-state index contributed by atoms with van der Waals surface area (Å²) in [7, 11) is 6.10. The molecule has 0 amide bonds. The Labute approximate surface area is 175 Å². The Morgan fingerprint density at radius 2 is 0.767 bits per heavy atom. The second kappa shape index (κ2) is 9.13. The third kappa shape index (κ3) is 4.12. The predicted molar refractivity (Wildman–Crippen MR) is 112 cm³/mol. The zero-order chi connectivity index (χ0) is 21.7. The predicted octanol–water partition coefficient (Wildman–Crippen LogP) is 4.18. The third-order valence-electron chi connectivity index (χ3n) is 4.70. The lowest BCUT2D eigenvalue weighted by Crippen LogP contribution is -2.05. The maximum atomic E-state index is 12.8. The Balaban J connectivity index is 1.84. The molecule has 3 rings (SSSR count). The quantitative estimate of drug-likeness (QED) is 0.523. The van der Waals surface area contributed by atoms with Crippen LogP contribution in [0.3, 0.4) is 0 Å². The van der Waals surface area contributed by atoms with E-state index in [9.17, 15) is 9.59 Å². The summed E-state index contributed by atoms with van der Waals surface area (Å²) in [6, 6.07) is 16.5.